The lowest BCUT2D eigenvalue weighted by atomic mass is 9.95. The molecule has 28 heavy (non-hydrogen) atoms. The second-order valence-corrected chi connectivity index (χ2v) is 7.74. The van der Waals surface area contributed by atoms with Gasteiger partial charge in [0.1, 0.15) is 12.2 Å². The summed E-state index contributed by atoms with van der Waals surface area (Å²) in [7, 11) is 0. The first-order valence-electron chi connectivity index (χ1n) is 8.95. The summed E-state index contributed by atoms with van der Waals surface area (Å²) in [6.45, 7) is 4.04. The average Bonchev–Trinajstić information content (AvgIpc) is 3.02. The molecule has 0 radical (unpaired) electrons. The summed E-state index contributed by atoms with van der Waals surface area (Å²) in [5, 5.41) is 2.36. The number of benzene rings is 1. The fraction of sp³-hybridized carbons (Fsp3) is 0.579. The third-order valence-corrected chi connectivity index (χ3v) is 4.23. The lowest BCUT2D eigenvalue weighted by molar-refractivity contribution is -0.179. The molecule has 0 saturated carbocycles. The van der Waals surface area contributed by atoms with Crippen LogP contribution in [0.2, 0.25) is 0 Å². The molecule has 0 aliphatic carbocycles. The minimum atomic E-state index is -4.49. The first-order valence-corrected chi connectivity index (χ1v) is 8.95. The summed E-state index contributed by atoms with van der Waals surface area (Å²) < 4.78 is 50.3. The van der Waals surface area contributed by atoms with Crippen LogP contribution in [-0.2, 0) is 16.1 Å². The number of amides is 2. The predicted octanol–water partition coefficient (Wildman–Crippen LogP) is 3.96. The van der Waals surface area contributed by atoms with Crippen LogP contribution in [0.1, 0.15) is 26.3 Å². The van der Waals surface area contributed by atoms with E-state index in [1.54, 1.807) is 45.0 Å². The van der Waals surface area contributed by atoms with E-state index in [-0.39, 0.29) is 19.7 Å². The molecule has 1 aromatic rings. The van der Waals surface area contributed by atoms with Gasteiger partial charge in [0.15, 0.2) is 0 Å². The SMILES string of the molecule is CC(C)(C)OC(=O)NC[C@H]1CN(C(=O)OCc2ccccc2)C[C@@H]1C(F)(F)F. The molecule has 2 rings (SSSR count). The van der Waals surface area contributed by atoms with E-state index >= 15 is 0 Å². The van der Waals surface area contributed by atoms with E-state index in [1.807, 2.05) is 6.07 Å². The van der Waals surface area contributed by atoms with Crippen LogP contribution in [0.25, 0.3) is 0 Å². The Morgan fingerprint density at radius 2 is 1.79 bits per heavy atom. The van der Waals surface area contributed by atoms with Crippen molar-refractivity contribution in [3.8, 4) is 0 Å². The van der Waals surface area contributed by atoms with Crippen molar-refractivity contribution >= 4 is 12.2 Å². The zero-order valence-electron chi connectivity index (χ0n) is 16.1. The van der Waals surface area contributed by atoms with Gasteiger partial charge in [0.05, 0.1) is 5.92 Å². The van der Waals surface area contributed by atoms with Crippen LogP contribution in [0.5, 0.6) is 0 Å². The van der Waals surface area contributed by atoms with Crippen molar-refractivity contribution in [3.63, 3.8) is 0 Å². The Morgan fingerprint density at radius 1 is 1.14 bits per heavy atom. The molecule has 0 spiro atoms. The van der Waals surface area contributed by atoms with Crippen LogP contribution >= 0.6 is 0 Å². The number of rotatable bonds is 4. The van der Waals surface area contributed by atoms with Gasteiger partial charge in [-0.3, -0.25) is 0 Å². The zero-order valence-corrected chi connectivity index (χ0v) is 16.1. The van der Waals surface area contributed by atoms with Crippen LogP contribution in [0.15, 0.2) is 30.3 Å². The Balaban J connectivity index is 1.93. The van der Waals surface area contributed by atoms with Gasteiger partial charge in [0.2, 0.25) is 0 Å². The summed E-state index contributed by atoms with van der Waals surface area (Å²) >= 11 is 0. The van der Waals surface area contributed by atoms with Crippen LogP contribution in [0.4, 0.5) is 22.8 Å². The number of hydrogen-bond donors (Lipinski definition) is 1. The van der Waals surface area contributed by atoms with Crippen LogP contribution in [-0.4, -0.2) is 48.5 Å². The Morgan fingerprint density at radius 3 is 2.36 bits per heavy atom. The van der Waals surface area contributed by atoms with E-state index in [4.69, 9.17) is 9.47 Å². The number of ether oxygens (including phenoxy) is 2. The van der Waals surface area contributed by atoms with Crippen molar-refractivity contribution in [1.29, 1.82) is 0 Å². The van der Waals surface area contributed by atoms with E-state index in [9.17, 15) is 22.8 Å². The Labute approximate surface area is 162 Å². The highest BCUT2D eigenvalue weighted by Crippen LogP contribution is 2.37. The molecule has 0 bridgehead atoms. The lowest BCUT2D eigenvalue weighted by Crippen LogP contribution is -2.39. The molecule has 9 heteroatoms. The largest absolute Gasteiger partial charge is 0.445 e. The molecule has 2 amide bonds. The monoisotopic (exact) mass is 402 g/mol. The third-order valence-electron chi connectivity index (χ3n) is 4.23. The van der Waals surface area contributed by atoms with Gasteiger partial charge in [-0.05, 0) is 26.3 Å². The predicted molar refractivity (Wildman–Crippen MR) is 95.5 cm³/mol. The van der Waals surface area contributed by atoms with Crippen LogP contribution in [0, 0.1) is 11.8 Å². The second kappa shape index (κ2) is 8.70. The number of alkyl carbamates (subject to hydrolysis) is 1. The fourth-order valence-electron chi connectivity index (χ4n) is 2.94. The lowest BCUT2D eigenvalue weighted by Gasteiger charge is -2.23. The molecule has 156 valence electrons. The number of alkyl halides is 3. The molecule has 1 fully saturated rings. The highest BCUT2D eigenvalue weighted by Gasteiger charge is 2.51. The van der Waals surface area contributed by atoms with Crippen molar-refractivity contribution in [1.82, 2.24) is 10.2 Å². The number of nitrogens with one attached hydrogen (secondary N) is 1. The minimum absolute atomic E-state index is 0.0202. The smallest absolute Gasteiger partial charge is 0.410 e. The maximum absolute atomic E-state index is 13.4. The Bertz CT molecular complexity index is 674. The van der Waals surface area contributed by atoms with Crippen LogP contribution in [0.3, 0.4) is 0 Å². The molecule has 0 unspecified atom stereocenters. The number of carbonyl (C=O) groups is 2. The Kier molecular flexibility index (Phi) is 6.79. The summed E-state index contributed by atoms with van der Waals surface area (Å²) in [4.78, 5) is 24.9. The van der Waals surface area contributed by atoms with Crippen molar-refractivity contribution in [2.45, 2.75) is 39.2 Å². The topological polar surface area (TPSA) is 67.9 Å². The van der Waals surface area contributed by atoms with Gasteiger partial charge >= 0.3 is 18.4 Å². The van der Waals surface area contributed by atoms with Gasteiger partial charge in [-0.1, -0.05) is 30.3 Å². The number of likely N-dealkylation sites (tertiary alicyclic amines) is 1. The molecule has 1 N–H and O–H groups in total. The summed E-state index contributed by atoms with van der Waals surface area (Å²) in [5.41, 5.74) is -0.0122. The van der Waals surface area contributed by atoms with Gasteiger partial charge in [-0.15, -0.1) is 0 Å². The second-order valence-electron chi connectivity index (χ2n) is 7.74. The molecule has 2 atom stereocenters. The van der Waals surface area contributed by atoms with Gasteiger partial charge in [-0.25, -0.2) is 9.59 Å². The Hall–Kier alpha value is -2.45. The van der Waals surface area contributed by atoms with Gasteiger partial charge in [0.25, 0.3) is 0 Å². The maximum Gasteiger partial charge on any atom is 0.410 e. The van der Waals surface area contributed by atoms with E-state index in [1.165, 1.54) is 0 Å². The molecular formula is C19H25F3N2O4. The van der Waals surface area contributed by atoms with Crippen molar-refractivity contribution in [3.05, 3.63) is 35.9 Å². The van der Waals surface area contributed by atoms with Crippen molar-refractivity contribution in [2.75, 3.05) is 19.6 Å². The highest BCUT2D eigenvalue weighted by molar-refractivity contribution is 5.69. The summed E-state index contributed by atoms with van der Waals surface area (Å²) in [6, 6.07) is 8.86. The fourth-order valence-corrected chi connectivity index (χ4v) is 2.94. The minimum Gasteiger partial charge on any atom is -0.445 e. The summed E-state index contributed by atoms with van der Waals surface area (Å²) in [6.07, 6.45) is -6.09. The van der Waals surface area contributed by atoms with Crippen molar-refractivity contribution < 1.29 is 32.2 Å². The van der Waals surface area contributed by atoms with E-state index in [0.29, 0.717) is 0 Å². The average molecular weight is 402 g/mol. The zero-order chi connectivity index (χ0) is 20.9. The van der Waals surface area contributed by atoms with E-state index < -0.39 is 42.3 Å². The number of halogens is 3. The maximum atomic E-state index is 13.4. The first-order chi connectivity index (χ1) is 13.0. The third kappa shape index (κ3) is 6.61. The van der Waals surface area contributed by atoms with Crippen molar-refractivity contribution in [2.24, 2.45) is 11.8 Å². The number of carbonyl (C=O) groups excluding carboxylic acids is 2. The number of nitrogens with zero attached hydrogens (tertiary/aromatic N) is 1. The molecule has 1 heterocycles. The molecule has 1 aromatic carbocycles. The van der Waals surface area contributed by atoms with E-state index in [2.05, 4.69) is 5.32 Å². The van der Waals surface area contributed by atoms with Gasteiger partial charge in [-0.2, -0.15) is 13.2 Å². The van der Waals surface area contributed by atoms with Gasteiger partial charge < -0.3 is 19.7 Å². The summed E-state index contributed by atoms with van der Waals surface area (Å²) in [5.74, 6) is -2.72. The molecule has 1 aliphatic heterocycles. The molecule has 0 aromatic heterocycles. The molecule has 1 saturated heterocycles. The number of hydrogen-bond acceptors (Lipinski definition) is 4. The molecule has 6 nitrogen and oxygen atoms in total. The quantitative estimate of drug-likeness (QED) is 0.828. The van der Waals surface area contributed by atoms with Gasteiger partial charge in [0, 0.05) is 25.6 Å². The van der Waals surface area contributed by atoms with E-state index in [0.717, 1.165) is 10.5 Å². The first kappa shape index (κ1) is 21.8. The molecule has 1 aliphatic rings. The van der Waals surface area contributed by atoms with Crippen LogP contribution < -0.4 is 5.32 Å². The highest BCUT2D eigenvalue weighted by atomic mass is 19.4. The normalized spacial score (nSPS) is 20.0. The standard InChI is InChI=1S/C19H25F3N2O4/c1-18(2,3)28-16(25)23-9-14-10-24(11-15(14)19(20,21)22)17(26)27-12-13-7-5-4-6-8-13/h4-8,14-15H,9-12H2,1-3H3,(H,23,25)/t14-,15-/m0/s1. The molecular weight excluding hydrogens is 377 g/mol.